The Morgan fingerprint density at radius 3 is 1.29 bits per heavy atom. The second-order valence-corrected chi connectivity index (χ2v) is 14.7. The number of carbonyl (C=O) groups excluding carboxylic acids is 3. The lowest BCUT2D eigenvalue weighted by molar-refractivity contribution is -0.142. The third kappa shape index (κ3) is 10.5. The van der Waals surface area contributed by atoms with Crippen LogP contribution in [0.5, 0.6) is 0 Å². The molecule has 0 aliphatic carbocycles. The molecule has 19 nitrogen and oxygen atoms in total. The van der Waals surface area contributed by atoms with Crippen molar-refractivity contribution in [2.24, 2.45) is 0 Å². The predicted molar refractivity (Wildman–Crippen MR) is 239 cm³/mol. The number of aromatic nitrogens is 8. The zero-order valence-electron chi connectivity index (χ0n) is 35.8. The number of carbonyl (C=O) groups is 3. The summed E-state index contributed by atoms with van der Waals surface area (Å²) in [7, 11) is 6.80. The summed E-state index contributed by atoms with van der Waals surface area (Å²) >= 11 is 0. The van der Waals surface area contributed by atoms with E-state index in [4.69, 9.17) is 30.1 Å². The van der Waals surface area contributed by atoms with Crippen LogP contribution in [0.1, 0.15) is 38.8 Å². The molecule has 0 fully saturated rings. The topological polar surface area (TPSA) is 269 Å². The van der Waals surface area contributed by atoms with Crippen molar-refractivity contribution in [1.29, 1.82) is 0 Å². The first-order valence-electron chi connectivity index (χ1n) is 19.8. The molecule has 0 radical (unpaired) electrons. The molecule has 328 valence electrons. The maximum Gasteiger partial charge on any atom is 0.302 e. The molecule has 65 heavy (non-hydrogen) atoms. The zero-order chi connectivity index (χ0) is 46.2. The van der Waals surface area contributed by atoms with Gasteiger partial charge in [0, 0.05) is 68.5 Å². The van der Waals surface area contributed by atoms with Gasteiger partial charge in [0.05, 0.1) is 30.4 Å². The highest BCUT2D eigenvalue weighted by atomic mass is 16.5. The van der Waals surface area contributed by atoms with Crippen LogP contribution in [-0.4, -0.2) is 101 Å². The average molecular weight is 875 g/mol. The van der Waals surface area contributed by atoms with Gasteiger partial charge in [-0.1, -0.05) is 48.5 Å². The minimum Gasteiger partial charge on any atom is -0.461 e. The molecule has 4 heterocycles. The number of nitrogen functional groups attached to an aromatic ring is 2. The molecule has 0 spiro atoms. The summed E-state index contributed by atoms with van der Waals surface area (Å²) in [5.74, 6) is 0.658. The minimum absolute atomic E-state index is 0.0431. The first kappa shape index (κ1) is 44.3. The van der Waals surface area contributed by atoms with Crippen LogP contribution in [-0.2, 0) is 22.7 Å². The summed E-state index contributed by atoms with van der Waals surface area (Å²) in [4.78, 5) is 55.7. The number of nitrogens with two attached hydrogens (primary N) is 2. The van der Waals surface area contributed by atoms with Gasteiger partial charge in [-0.25, -0.2) is 19.9 Å². The summed E-state index contributed by atoms with van der Waals surface area (Å²) in [6.45, 7) is 1.51. The quantitative estimate of drug-likeness (QED) is 0.129. The van der Waals surface area contributed by atoms with Crippen molar-refractivity contribution in [3.8, 4) is 68.6 Å². The van der Waals surface area contributed by atoms with Crippen LogP contribution in [0, 0.1) is 0 Å². The first-order valence-corrected chi connectivity index (χ1v) is 19.8. The number of benzene rings is 4. The summed E-state index contributed by atoms with van der Waals surface area (Å²) in [5, 5.41) is 25.5. The van der Waals surface area contributed by atoms with E-state index in [0.717, 1.165) is 22.3 Å². The molecule has 19 heteroatoms. The molecule has 5 N–H and O–H groups in total. The molecule has 0 atom stereocenters. The summed E-state index contributed by atoms with van der Waals surface area (Å²) < 4.78 is 16.5. The molecule has 4 aromatic heterocycles. The molecule has 0 bridgehead atoms. The Balaban J connectivity index is 0.000000195. The molecule has 8 rings (SSSR count). The van der Waals surface area contributed by atoms with Crippen LogP contribution in [0.4, 0.5) is 11.6 Å². The number of ether oxygens (including phenoxy) is 1. The number of amides is 2. The molecule has 0 saturated carbocycles. The van der Waals surface area contributed by atoms with Gasteiger partial charge < -0.3 is 39.9 Å². The van der Waals surface area contributed by atoms with E-state index in [1.165, 1.54) is 16.7 Å². The first-order chi connectivity index (χ1) is 31.3. The highest BCUT2D eigenvalue weighted by Crippen LogP contribution is 2.30. The fraction of sp³-hybridized carbons (Fsp3) is 0.152. The van der Waals surface area contributed by atoms with Crippen LogP contribution in [0.25, 0.3) is 68.6 Å². The van der Waals surface area contributed by atoms with E-state index in [2.05, 4.69) is 40.3 Å². The molecule has 0 aliphatic rings. The van der Waals surface area contributed by atoms with Gasteiger partial charge in [-0.05, 0) is 59.7 Å². The SMILES string of the molecule is CC(=O)OCc1ccc(-c2nnc(-c3nc(-c4ccc(C(=O)N(C)C)cc4)cnc3N)o2)cc1.CN(C)C(=O)c1ccc(-c2cnc(N)c(-c3nnc(-c4ccc(CO)cc4)o3)n2)cc1. The predicted octanol–water partition coefficient (Wildman–Crippen LogP) is 5.84. The number of hydrogen-bond donors (Lipinski definition) is 3. The standard InChI is InChI=1S/C24H22N6O4.C22H20N6O3/c1-14(31)33-13-15-4-6-17(7-5-15)22-28-29-23(34-22)20-21(25)26-12-19(27-20)16-8-10-18(11-9-16)24(32)30(2)3;1-28(2)22(30)16-9-7-14(8-10-16)17-11-24-19(23)18(25-17)21-27-26-20(31-21)15-5-3-13(12-29)4-6-15/h4-12H,13H2,1-3H3,(H2,25,26);3-11,29H,12H2,1-2H3,(H2,23,24). The Morgan fingerprint density at radius 2 is 0.923 bits per heavy atom. The number of aliphatic hydroxyl groups is 1. The molecular formula is C46H42N12O7. The smallest absolute Gasteiger partial charge is 0.302 e. The second kappa shape index (κ2) is 19.6. The van der Waals surface area contributed by atoms with E-state index in [9.17, 15) is 14.4 Å². The lowest BCUT2D eigenvalue weighted by Gasteiger charge is -2.10. The molecule has 4 aromatic carbocycles. The van der Waals surface area contributed by atoms with E-state index >= 15 is 0 Å². The molecule has 0 saturated heterocycles. The van der Waals surface area contributed by atoms with Crippen molar-refractivity contribution < 1.29 is 33.1 Å². The van der Waals surface area contributed by atoms with E-state index in [-0.39, 0.29) is 71.7 Å². The normalized spacial score (nSPS) is 10.7. The maximum absolute atomic E-state index is 12.1. The Kier molecular flexibility index (Phi) is 13.3. The molecule has 2 amide bonds. The fourth-order valence-electron chi connectivity index (χ4n) is 6.03. The summed E-state index contributed by atoms with van der Waals surface area (Å²) in [5.41, 5.74) is 19.3. The number of anilines is 2. The van der Waals surface area contributed by atoms with Crippen LogP contribution < -0.4 is 11.5 Å². The Bertz CT molecular complexity index is 2950. The zero-order valence-corrected chi connectivity index (χ0v) is 35.8. The van der Waals surface area contributed by atoms with Crippen LogP contribution in [0.3, 0.4) is 0 Å². The van der Waals surface area contributed by atoms with E-state index < -0.39 is 0 Å². The fourth-order valence-corrected chi connectivity index (χ4v) is 6.03. The lowest BCUT2D eigenvalue weighted by atomic mass is 10.1. The molecule has 0 unspecified atom stereocenters. The van der Waals surface area contributed by atoms with Crippen LogP contribution in [0.2, 0.25) is 0 Å². The van der Waals surface area contributed by atoms with Gasteiger partial charge in [-0.2, -0.15) is 0 Å². The van der Waals surface area contributed by atoms with Gasteiger partial charge in [0.2, 0.25) is 11.8 Å². The molecule has 8 aromatic rings. The van der Waals surface area contributed by atoms with Crippen LogP contribution in [0.15, 0.2) is 118 Å². The van der Waals surface area contributed by atoms with E-state index in [0.29, 0.717) is 39.5 Å². The van der Waals surface area contributed by atoms with Crippen molar-refractivity contribution in [2.45, 2.75) is 20.1 Å². The highest BCUT2D eigenvalue weighted by Gasteiger charge is 2.19. The number of rotatable bonds is 11. The lowest BCUT2D eigenvalue weighted by Crippen LogP contribution is -2.21. The van der Waals surface area contributed by atoms with Crippen molar-refractivity contribution in [2.75, 3.05) is 39.7 Å². The molecule has 0 aliphatic heterocycles. The van der Waals surface area contributed by atoms with Gasteiger partial charge in [-0.3, -0.25) is 14.4 Å². The molecular weight excluding hydrogens is 833 g/mol. The Labute approximate surface area is 371 Å². The van der Waals surface area contributed by atoms with Gasteiger partial charge in [0.15, 0.2) is 23.0 Å². The third-order valence-electron chi connectivity index (χ3n) is 9.55. The number of nitrogens with zero attached hydrogens (tertiary/aromatic N) is 10. The van der Waals surface area contributed by atoms with Gasteiger partial charge in [0.1, 0.15) is 6.61 Å². The summed E-state index contributed by atoms with van der Waals surface area (Å²) in [6.07, 6.45) is 3.09. The van der Waals surface area contributed by atoms with Gasteiger partial charge >= 0.3 is 5.97 Å². The Hall–Kier alpha value is -8.71. The number of hydrogen-bond acceptors (Lipinski definition) is 17. The van der Waals surface area contributed by atoms with Crippen molar-refractivity contribution in [3.63, 3.8) is 0 Å². The van der Waals surface area contributed by atoms with Crippen molar-refractivity contribution in [1.82, 2.24) is 50.1 Å². The van der Waals surface area contributed by atoms with Gasteiger partial charge in [0.25, 0.3) is 23.6 Å². The Morgan fingerprint density at radius 1 is 0.554 bits per heavy atom. The number of aliphatic hydroxyl groups excluding tert-OH is 1. The highest BCUT2D eigenvalue weighted by molar-refractivity contribution is 5.95. The summed E-state index contributed by atoms with van der Waals surface area (Å²) in [6, 6.07) is 28.4. The second-order valence-electron chi connectivity index (χ2n) is 14.7. The number of esters is 1. The van der Waals surface area contributed by atoms with Crippen LogP contribution >= 0.6 is 0 Å². The maximum atomic E-state index is 12.1. The average Bonchev–Trinajstić information content (AvgIpc) is 4.03. The van der Waals surface area contributed by atoms with Crippen molar-refractivity contribution >= 4 is 29.4 Å². The van der Waals surface area contributed by atoms with E-state index in [1.807, 2.05) is 12.1 Å². The largest absolute Gasteiger partial charge is 0.461 e. The minimum atomic E-state index is -0.343. The third-order valence-corrected chi connectivity index (χ3v) is 9.55. The van der Waals surface area contributed by atoms with Gasteiger partial charge in [-0.15, -0.1) is 20.4 Å². The monoisotopic (exact) mass is 874 g/mol. The van der Waals surface area contributed by atoms with E-state index in [1.54, 1.807) is 126 Å². The van der Waals surface area contributed by atoms with Crippen molar-refractivity contribution in [3.05, 3.63) is 132 Å².